The van der Waals surface area contributed by atoms with E-state index < -0.39 is 52.3 Å². The van der Waals surface area contributed by atoms with Crippen molar-refractivity contribution < 1.29 is 33.7 Å². The van der Waals surface area contributed by atoms with Gasteiger partial charge in [-0.3, -0.25) is 4.79 Å². The van der Waals surface area contributed by atoms with Crippen LogP contribution in [0.15, 0.2) is 60.7 Å². The van der Waals surface area contributed by atoms with Crippen molar-refractivity contribution in [1.29, 1.82) is 0 Å². The molecule has 0 amide bonds. The van der Waals surface area contributed by atoms with E-state index in [4.69, 9.17) is 14.2 Å². The number of benzene rings is 2. The predicted octanol–water partition coefficient (Wildman–Crippen LogP) is 4.13. The van der Waals surface area contributed by atoms with Crippen LogP contribution in [0.25, 0.3) is 0 Å². The maximum atomic E-state index is 14.0. The Morgan fingerprint density at radius 2 is 1.36 bits per heavy atom. The van der Waals surface area contributed by atoms with E-state index in [0.717, 1.165) is 0 Å². The molecular formula is C29H32O7. The second-order valence-electron chi connectivity index (χ2n) is 11.2. The Labute approximate surface area is 210 Å². The summed E-state index contributed by atoms with van der Waals surface area (Å²) in [4.78, 5) is 40.3. The lowest BCUT2D eigenvalue weighted by atomic mass is 9.48. The molecule has 6 atom stereocenters. The quantitative estimate of drug-likeness (QED) is 0.641. The van der Waals surface area contributed by atoms with Crippen molar-refractivity contribution in [2.75, 3.05) is 0 Å². The summed E-state index contributed by atoms with van der Waals surface area (Å²) >= 11 is 0. The van der Waals surface area contributed by atoms with E-state index in [1.54, 1.807) is 74.5 Å². The highest BCUT2D eigenvalue weighted by atomic mass is 16.6. The molecule has 1 N–H and O–H groups in total. The topological polar surface area (TPSA) is 99.1 Å². The first kappa shape index (κ1) is 24.7. The normalized spacial score (nSPS) is 36.6. The van der Waals surface area contributed by atoms with Crippen LogP contribution in [0.2, 0.25) is 0 Å². The summed E-state index contributed by atoms with van der Waals surface area (Å²) in [6.45, 7) is 6.99. The number of ether oxygens (including phenoxy) is 3. The maximum Gasteiger partial charge on any atom is 0.338 e. The highest BCUT2D eigenvalue weighted by Crippen LogP contribution is 2.66. The largest absolute Gasteiger partial charge is 0.458 e. The SMILES string of the molecule is CC1(C)OC23C(=O)C1CC(OC(=O)c1ccccc1)C2(C)C(OC(=O)c1ccccc1)CCC3(C)O. The summed E-state index contributed by atoms with van der Waals surface area (Å²) < 4.78 is 18.7. The molecular weight excluding hydrogens is 460 g/mol. The minimum Gasteiger partial charge on any atom is -0.458 e. The number of esters is 2. The zero-order chi connectivity index (χ0) is 25.9. The third kappa shape index (κ3) is 3.36. The third-order valence-corrected chi connectivity index (χ3v) is 8.63. The fraction of sp³-hybridized carbons (Fsp3) is 0.483. The molecule has 1 saturated heterocycles. The van der Waals surface area contributed by atoms with Crippen LogP contribution in [0, 0.1) is 11.3 Å². The maximum absolute atomic E-state index is 14.0. The Morgan fingerprint density at radius 3 is 1.89 bits per heavy atom. The molecule has 5 rings (SSSR count). The van der Waals surface area contributed by atoms with E-state index in [1.807, 2.05) is 13.8 Å². The zero-order valence-electron chi connectivity index (χ0n) is 21.0. The average molecular weight is 493 g/mol. The van der Waals surface area contributed by atoms with Gasteiger partial charge in [-0.25, -0.2) is 9.59 Å². The Bertz CT molecular complexity index is 1190. The lowest BCUT2D eigenvalue weighted by Gasteiger charge is -2.61. The molecule has 3 aliphatic rings. The van der Waals surface area contributed by atoms with Gasteiger partial charge in [0.15, 0.2) is 11.4 Å². The molecule has 7 nitrogen and oxygen atoms in total. The smallest absolute Gasteiger partial charge is 0.338 e. The lowest BCUT2D eigenvalue weighted by Crippen LogP contribution is -2.77. The van der Waals surface area contributed by atoms with Gasteiger partial charge in [0.2, 0.25) is 0 Å². The first-order valence-electron chi connectivity index (χ1n) is 12.4. The van der Waals surface area contributed by atoms with E-state index in [9.17, 15) is 19.5 Å². The van der Waals surface area contributed by atoms with Gasteiger partial charge in [-0.1, -0.05) is 36.4 Å². The molecule has 1 heterocycles. The molecule has 1 spiro atoms. The van der Waals surface area contributed by atoms with Gasteiger partial charge in [-0.2, -0.15) is 0 Å². The number of ketones is 1. The van der Waals surface area contributed by atoms with E-state index >= 15 is 0 Å². The summed E-state index contributed by atoms with van der Waals surface area (Å²) in [5.41, 5.74) is -4.75. The van der Waals surface area contributed by atoms with Crippen LogP contribution in [-0.2, 0) is 19.0 Å². The van der Waals surface area contributed by atoms with Crippen molar-refractivity contribution in [3.05, 3.63) is 71.8 Å². The van der Waals surface area contributed by atoms with Crippen LogP contribution in [0.4, 0.5) is 0 Å². The highest BCUT2D eigenvalue weighted by molar-refractivity contribution is 5.97. The summed E-state index contributed by atoms with van der Waals surface area (Å²) in [6.07, 6.45) is -1.00. The van der Waals surface area contributed by atoms with Crippen LogP contribution >= 0.6 is 0 Å². The Morgan fingerprint density at radius 1 is 0.861 bits per heavy atom. The molecule has 1 aliphatic heterocycles. The molecule has 6 unspecified atom stereocenters. The molecule has 7 heteroatoms. The fourth-order valence-corrected chi connectivity index (χ4v) is 6.70. The molecule has 0 aromatic heterocycles. The van der Waals surface area contributed by atoms with Crippen molar-refractivity contribution in [1.82, 2.24) is 0 Å². The van der Waals surface area contributed by atoms with Crippen molar-refractivity contribution in [2.24, 2.45) is 11.3 Å². The number of rotatable bonds is 4. The molecule has 2 aromatic carbocycles. The number of carbonyl (C=O) groups excluding carboxylic acids is 3. The molecule has 2 saturated carbocycles. The monoisotopic (exact) mass is 492 g/mol. The predicted molar refractivity (Wildman–Crippen MR) is 130 cm³/mol. The van der Waals surface area contributed by atoms with Crippen molar-refractivity contribution in [3.8, 4) is 0 Å². The van der Waals surface area contributed by atoms with Crippen molar-refractivity contribution in [2.45, 2.75) is 76.0 Å². The van der Waals surface area contributed by atoms with Gasteiger partial charge in [0.1, 0.15) is 12.2 Å². The zero-order valence-corrected chi connectivity index (χ0v) is 21.0. The van der Waals surface area contributed by atoms with Gasteiger partial charge in [-0.05, 0) is 71.2 Å². The van der Waals surface area contributed by atoms with Crippen molar-refractivity contribution >= 4 is 17.7 Å². The molecule has 3 fully saturated rings. The van der Waals surface area contributed by atoms with Gasteiger partial charge >= 0.3 is 11.9 Å². The van der Waals surface area contributed by atoms with Crippen LogP contribution in [-0.4, -0.2) is 51.8 Å². The fourth-order valence-electron chi connectivity index (χ4n) is 6.70. The van der Waals surface area contributed by atoms with E-state index in [-0.39, 0.29) is 25.0 Å². The van der Waals surface area contributed by atoms with E-state index in [1.165, 1.54) is 0 Å². The molecule has 0 radical (unpaired) electrons. The highest BCUT2D eigenvalue weighted by Gasteiger charge is 2.81. The second kappa shape index (κ2) is 8.25. The van der Waals surface area contributed by atoms with E-state index in [0.29, 0.717) is 11.1 Å². The molecule has 2 bridgehead atoms. The minimum absolute atomic E-state index is 0.184. The summed E-state index contributed by atoms with van der Waals surface area (Å²) in [5, 5.41) is 11.7. The third-order valence-electron chi connectivity index (χ3n) is 8.63. The Kier molecular flexibility index (Phi) is 5.65. The molecule has 36 heavy (non-hydrogen) atoms. The summed E-state index contributed by atoms with van der Waals surface area (Å²) in [6, 6.07) is 17.2. The number of hydrogen-bond acceptors (Lipinski definition) is 7. The minimum atomic E-state index is -1.71. The lowest BCUT2D eigenvalue weighted by molar-refractivity contribution is -0.288. The van der Waals surface area contributed by atoms with Gasteiger partial charge < -0.3 is 19.3 Å². The van der Waals surface area contributed by atoms with Gasteiger partial charge in [0.25, 0.3) is 0 Å². The number of fused-ring (bicyclic) bond motifs is 1. The molecule has 2 aromatic rings. The summed E-state index contributed by atoms with van der Waals surface area (Å²) in [5.74, 6) is -1.90. The average Bonchev–Trinajstić information content (AvgIpc) is 3.01. The summed E-state index contributed by atoms with van der Waals surface area (Å²) in [7, 11) is 0. The number of aliphatic hydroxyl groups is 1. The Hall–Kier alpha value is -3.03. The number of carbonyl (C=O) groups is 3. The van der Waals surface area contributed by atoms with Crippen molar-refractivity contribution in [3.63, 3.8) is 0 Å². The molecule has 2 aliphatic carbocycles. The van der Waals surface area contributed by atoms with E-state index in [2.05, 4.69) is 0 Å². The standard InChI is InChI=1S/C29H32O7/c1-26(2)20-17-22(35-25(32)19-13-9-6-10-14-19)28(4)21(34-24(31)18-11-7-5-8-12-18)15-16-27(3,33)29(28,36-26)23(20)30/h5-14,20-22,33H,15-17H2,1-4H3. The van der Waals surface area contributed by atoms with Gasteiger partial charge in [0, 0.05) is 0 Å². The molecule has 190 valence electrons. The van der Waals surface area contributed by atoms with Crippen LogP contribution in [0.3, 0.4) is 0 Å². The first-order chi connectivity index (χ1) is 16.9. The van der Waals surface area contributed by atoms with Crippen LogP contribution in [0.1, 0.15) is 67.7 Å². The van der Waals surface area contributed by atoms with Gasteiger partial charge in [-0.15, -0.1) is 0 Å². The van der Waals surface area contributed by atoms with Crippen LogP contribution < -0.4 is 0 Å². The number of Topliss-reactive ketones (excluding diaryl/α,β-unsaturated/α-hetero) is 1. The Balaban J connectivity index is 1.60. The van der Waals surface area contributed by atoms with Gasteiger partial charge in [0.05, 0.1) is 33.7 Å². The second-order valence-corrected chi connectivity index (χ2v) is 11.2. The number of hydrogen-bond donors (Lipinski definition) is 1. The first-order valence-corrected chi connectivity index (χ1v) is 12.4. The van der Waals surface area contributed by atoms with Crippen LogP contribution in [0.5, 0.6) is 0 Å².